The molecule has 1 aliphatic rings. The van der Waals surface area contributed by atoms with E-state index in [0.717, 1.165) is 42.4 Å². The normalized spacial score (nSPS) is 22.1. The van der Waals surface area contributed by atoms with Gasteiger partial charge in [-0.3, -0.25) is 0 Å². The average molecular weight is 395 g/mol. The lowest BCUT2D eigenvalue weighted by Gasteiger charge is -2.29. The molecule has 1 nitrogen and oxygen atoms in total. The van der Waals surface area contributed by atoms with Crippen molar-refractivity contribution in [3.05, 3.63) is 40.2 Å². The van der Waals surface area contributed by atoms with E-state index in [1.54, 1.807) is 13.0 Å². The van der Waals surface area contributed by atoms with Crippen LogP contribution in [0.2, 0.25) is 5.02 Å². The van der Waals surface area contributed by atoms with Gasteiger partial charge in [-0.25, -0.2) is 4.39 Å². The van der Waals surface area contributed by atoms with Crippen molar-refractivity contribution in [1.82, 2.24) is 0 Å². The minimum Gasteiger partial charge on any atom is -0.378 e. The molecule has 1 atom stereocenters. The highest BCUT2D eigenvalue weighted by Gasteiger charge is 2.21. The van der Waals surface area contributed by atoms with Gasteiger partial charge >= 0.3 is 0 Å². The zero-order valence-corrected chi connectivity index (χ0v) is 18.2. The summed E-state index contributed by atoms with van der Waals surface area (Å²) in [6, 6.07) is 3.73. The third-order valence-corrected chi connectivity index (χ3v) is 6.44. The summed E-state index contributed by atoms with van der Waals surface area (Å²) in [5.74, 6) is 1.36. The van der Waals surface area contributed by atoms with Crippen LogP contribution in [0.15, 0.2) is 18.2 Å². The average Bonchev–Trinajstić information content (AvgIpc) is 2.67. The summed E-state index contributed by atoms with van der Waals surface area (Å²) in [4.78, 5) is 0. The van der Waals surface area contributed by atoms with Crippen molar-refractivity contribution in [3.63, 3.8) is 0 Å². The summed E-state index contributed by atoms with van der Waals surface area (Å²) in [5.41, 5.74) is 2.49. The molecule has 2 rings (SSSR count). The SMILES string of the molecule is C/C=C(\CCC(C)OCC1CCC(CCC)CC1)c1ccc(C)c(F)c1Cl. The molecule has 1 aliphatic carbocycles. The van der Waals surface area contributed by atoms with Crippen LogP contribution in [0.25, 0.3) is 5.57 Å². The molecule has 0 radical (unpaired) electrons. The zero-order chi connectivity index (χ0) is 19.8. The molecular weight excluding hydrogens is 359 g/mol. The van der Waals surface area contributed by atoms with E-state index in [4.69, 9.17) is 16.3 Å². The van der Waals surface area contributed by atoms with Gasteiger partial charge < -0.3 is 4.74 Å². The van der Waals surface area contributed by atoms with Gasteiger partial charge in [0.05, 0.1) is 11.1 Å². The second-order valence-electron chi connectivity index (χ2n) is 8.23. The van der Waals surface area contributed by atoms with E-state index in [-0.39, 0.29) is 16.9 Å². The largest absolute Gasteiger partial charge is 0.378 e. The van der Waals surface area contributed by atoms with Gasteiger partial charge in [0.2, 0.25) is 0 Å². The molecule has 0 aliphatic heterocycles. The molecule has 1 aromatic carbocycles. The van der Waals surface area contributed by atoms with E-state index in [2.05, 4.69) is 13.8 Å². The maximum Gasteiger partial charge on any atom is 0.145 e. The lowest BCUT2D eigenvalue weighted by atomic mass is 9.80. The van der Waals surface area contributed by atoms with Crippen molar-refractivity contribution in [3.8, 4) is 0 Å². The fourth-order valence-corrected chi connectivity index (χ4v) is 4.50. The third-order valence-electron chi connectivity index (χ3n) is 6.07. The van der Waals surface area contributed by atoms with Crippen LogP contribution >= 0.6 is 11.6 Å². The molecule has 1 unspecified atom stereocenters. The molecule has 0 N–H and O–H groups in total. The first-order valence-corrected chi connectivity index (χ1v) is 11.1. The van der Waals surface area contributed by atoms with Gasteiger partial charge in [0, 0.05) is 6.61 Å². The van der Waals surface area contributed by atoms with E-state index in [9.17, 15) is 4.39 Å². The summed E-state index contributed by atoms with van der Waals surface area (Å²) >= 11 is 6.24. The second kappa shape index (κ2) is 11.2. The van der Waals surface area contributed by atoms with Crippen molar-refractivity contribution in [2.24, 2.45) is 11.8 Å². The Bertz CT molecular complexity index is 617. The Balaban J connectivity index is 1.78. The molecule has 1 fully saturated rings. The number of aryl methyl sites for hydroxylation is 1. The summed E-state index contributed by atoms with van der Waals surface area (Å²) in [5, 5.41) is 0.237. The summed E-state index contributed by atoms with van der Waals surface area (Å²) in [6.45, 7) is 9.04. The molecule has 0 saturated heterocycles. The van der Waals surface area contributed by atoms with Crippen molar-refractivity contribution in [2.75, 3.05) is 6.61 Å². The van der Waals surface area contributed by atoms with Crippen LogP contribution in [0.1, 0.15) is 83.3 Å². The standard InChI is InChI=1S/C24H36ClFO/c1-5-7-19-10-12-20(13-11-19)16-27-18(4)9-14-21(6-2)22-15-8-17(3)24(26)23(22)25/h6,8,15,18-20H,5,7,9-14,16H2,1-4H3/b21-6+. The molecular formula is C24H36ClFO. The molecule has 0 spiro atoms. The second-order valence-corrected chi connectivity index (χ2v) is 8.61. The van der Waals surface area contributed by atoms with Gasteiger partial charge in [-0.2, -0.15) is 0 Å². The van der Waals surface area contributed by atoms with Crippen LogP contribution in [0, 0.1) is 24.6 Å². The highest BCUT2D eigenvalue weighted by atomic mass is 35.5. The zero-order valence-electron chi connectivity index (χ0n) is 17.5. The quantitative estimate of drug-likeness (QED) is 0.412. The molecule has 0 aromatic heterocycles. The molecule has 27 heavy (non-hydrogen) atoms. The highest BCUT2D eigenvalue weighted by Crippen LogP contribution is 2.33. The number of ether oxygens (including phenoxy) is 1. The molecule has 0 amide bonds. The van der Waals surface area contributed by atoms with E-state index in [1.165, 1.54) is 38.5 Å². The Hall–Kier alpha value is -0.860. The molecule has 0 bridgehead atoms. The lowest BCUT2D eigenvalue weighted by Crippen LogP contribution is -2.21. The maximum atomic E-state index is 14.1. The van der Waals surface area contributed by atoms with E-state index >= 15 is 0 Å². The Morgan fingerprint density at radius 3 is 2.56 bits per heavy atom. The molecule has 152 valence electrons. The van der Waals surface area contributed by atoms with Gasteiger partial charge in [-0.1, -0.05) is 62.4 Å². The van der Waals surface area contributed by atoms with E-state index in [1.807, 2.05) is 19.1 Å². The monoisotopic (exact) mass is 394 g/mol. The van der Waals surface area contributed by atoms with Crippen LogP contribution in [0.3, 0.4) is 0 Å². The Morgan fingerprint density at radius 1 is 1.26 bits per heavy atom. The first-order valence-electron chi connectivity index (χ1n) is 10.7. The predicted octanol–water partition coefficient (Wildman–Crippen LogP) is 7.98. The van der Waals surface area contributed by atoms with Crippen LogP contribution < -0.4 is 0 Å². The Morgan fingerprint density at radius 2 is 1.93 bits per heavy atom. The first-order chi connectivity index (χ1) is 13.0. The third kappa shape index (κ3) is 6.61. The highest BCUT2D eigenvalue weighted by molar-refractivity contribution is 6.32. The number of benzene rings is 1. The van der Waals surface area contributed by atoms with Gasteiger partial charge in [-0.05, 0) is 75.0 Å². The molecule has 0 heterocycles. The van der Waals surface area contributed by atoms with Gasteiger partial charge in [0.1, 0.15) is 5.82 Å². The molecule has 1 aromatic rings. The van der Waals surface area contributed by atoms with Gasteiger partial charge in [0.15, 0.2) is 0 Å². The topological polar surface area (TPSA) is 9.23 Å². The number of allylic oxidation sites excluding steroid dienone is 2. The first kappa shape index (κ1) is 22.4. The van der Waals surface area contributed by atoms with Gasteiger partial charge in [-0.15, -0.1) is 0 Å². The fourth-order valence-electron chi connectivity index (χ4n) is 4.17. The molecule has 1 saturated carbocycles. The number of rotatable bonds is 9. The summed E-state index contributed by atoms with van der Waals surface area (Å²) < 4.78 is 20.3. The van der Waals surface area contributed by atoms with Crippen molar-refractivity contribution in [1.29, 1.82) is 0 Å². The number of hydrogen-bond donors (Lipinski definition) is 0. The minimum absolute atomic E-state index is 0.211. The van der Waals surface area contributed by atoms with Crippen LogP contribution in [0.4, 0.5) is 4.39 Å². The van der Waals surface area contributed by atoms with Crippen LogP contribution in [-0.4, -0.2) is 12.7 Å². The summed E-state index contributed by atoms with van der Waals surface area (Å²) in [6.07, 6.45) is 12.1. The lowest BCUT2D eigenvalue weighted by molar-refractivity contribution is 0.0231. The van der Waals surface area contributed by atoms with E-state index < -0.39 is 0 Å². The predicted molar refractivity (Wildman–Crippen MR) is 115 cm³/mol. The number of hydrogen-bond acceptors (Lipinski definition) is 1. The summed E-state index contributed by atoms with van der Waals surface area (Å²) in [7, 11) is 0. The van der Waals surface area contributed by atoms with Crippen molar-refractivity contribution < 1.29 is 9.13 Å². The molecule has 3 heteroatoms. The van der Waals surface area contributed by atoms with Crippen LogP contribution in [0.5, 0.6) is 0 Å². The van der Waals surface area contributed by atoms with Gasteiger partial charge in [0.25, 0.3) is 0 Å². The smallest absolute Gasteiger partial charge is 0.145 e. The Kier molecular flexibility index (Phi) is 9.32. The van der Waals surface area contributed by atoms with Crippen LogP contribution in [-0.2, 0) is 4.74 Å². The number of halogens is 2. The minimum atomic E-state index is -0.309. The maximum absolute atomic E-state index is 14.1. The van der Waals surface area contributed by atoms with E-state index in [0.29, 0.717) is 5.56 Å². The van der Waals surface area contributed by atoms with Crippen molar-refractivity contribution in [2.45, 2.75) is 85.2 Å². The van der Waals surface area contributed by atoms with Crippen molar-refractivity contribution >= 4 is 17.2 Å². The fraction of sp³-hybridized carbons (Fsp3) is 0.667. The Labute approximate surface area is 170 Å².